The number of rotatable bonds is 6. The third-order valence-electron chi connectivity index (χ3n) is 5.18. The molecule has 9 nitrogen and oxygen atoms in total. The number of benzene rings is 3. The monoisotopic (exact) mass is 535 g/mol. The van der Waals surface area contributed by atoms with Gasteiger partial charge in [-0.25, -0.2) is 9.69 Å². The van der Waals surface area contributed by atoms with Crippen LogP contribution in [0.2, 0.25) is 0 Å². The molecule has 1 fully saturated rings. The number of urea groups is 1. The fraction of sp³-hybridized carbons (Fsp3) is 0.0800. The van der Waals surface area contributed by atoms with E-state index in [0.717, 1.165) is 10.5 Å². The quantitative estimate of drug-likeness (QED) is 0.207. The normalized spacial score (nSPS) is 14.7. The Balaban J connectivity index is 1.54. The summed E-state index contributed by atoms with van der Waals surface area (Å²) in [5.74, 6) is -1.05. The van der Waals surface area contributed by atoms with Crippen LogP contribution in [0, 0.1) is 17.0 Å². The number of carbonyl (C=O) groups is 3. The van der Waals surface area contributed by atoms with Gasteiger partial charge in [-0.05, 0) is 64.3 Å². The van der Waals surface area contributed by atoms with Crippen molar-refractivity contribution in [2.45, 2.75) is 13.5 Å². The highest BCUT2D eigenvalue weighted by Crippen LogP contribution is 2.29. The van der Waals surface area contributed by atoms with Crippen molar-refractivity contribution in [1.29, 1.82) is 0 Å². The first-order valence-corrected chi connectivity index (χ1v) is 11.2. The number of nitro groups is 1. The van der Waals surface area contributed by atoms with Crippen LogP contribution in [0.15, 0.2) is 76.8 Å². The van der Waals surface area contributed by atoms with Gasteiger partial charge in [0.25, 0.3) is 17.5 Å². The summed E-state index contributed by atoms with van der Waals surface area (Å²) in [6.07, 6.45) is 1.39. The molecule has 1 aliphatic heterocycles. The van der Waals surface area contributed by atoms with E-state index in [-0.39, 0.29) is 17.9 Å². The number of non-ortho nitro benzene ring substituents is 1. The smallest absolute Gasteiger partial charge is 0.335 e. The Bertz CT molecular complexity index is 1380. The average Bonchev–Trinajstić information content (AvgIpc) is 2.82. The number of halogens is 1. The Kier molecular flexibility index (Phi) is 6.74. The van der Waals surface area contributed by atoms with Crippen LogP contribution in [0.1, 0.15) is 16.7 Å². The number of hydrogen-bond acceptors (Lipinski definition) is 6. The van der Waals surface area contributed by atoms with Crippen molar-refractivity contribution in [3.8, 4) is 5.75 Å². The number of hydrogen-bond donors (Lipinski definition) is 1. The van der Waals surface area contributed by atoms with Crippen molar-refractivity contribution in [3.05, 3.63) is 104 Å². The number of nitro benzene ring substituents is 1. The van der Waals surface area contributed by atoms with Gasteiger partial charge in [0.2, 0.25) is 0 Å². The molecule has 176 valence electrons. The number of aryl methyl sites for hydroxylation is 1. The minimum absolute atomic E-state index is 0.0271. The van der Waals surface area contributed by atoms with Crippen LogP contribution < -0.4 is 15.0 Å². The highest BCUT2D eigenvalue weighted by molar-refractivity contribution is 9.10. The predicted molar refractivity (Wildman–Crippen MR) is 132 cm³/mol. The van der Waals surface area contributed by atoms with E-state index in [9.17, 15) is 24.5 Å². The lowest BCUT2D eigenvalue weighted by atomic mass is 10.1. The van der Waals surface area contributed by atoms with Crippen LogP contribution in [0.3, 0.4) is 0 Å². The molecule has 4 amide bonds. The number of nitrogens with zero attached hydrogens (tertiary/aromatic N) is 2. The van der Waals surface area contributed by atoms with E-state index in [1.807, 2.05) is 6.92 Å². The highest BCUT2D eigenvalue weighted by Gasteiger charge is 2.36. The Labute approximate surface area is 208 Å². The summed E-state index contributed by atoms with van der Waals surface area (Å²) in [7, 11) is 0. The lowest BCUT2D eigenvalue weighted by molar-refractivity contribution is -0.384. The molecule has 1 saturated heterocycles. The van der Waals surface area contributed by atoms with Gasteiger partial charge in [-0.2, -0.15) is 0 Å². The van der Waals surface area contributed by atoms with Crippen molar-refractivity contribution < 1.29 is 24.0 Å². The number of carbonyl (C=O) groups excluding carboxylic acids is 3. The van der Waals surface area contributed by atoms with E-state index in [4.69, 9.17) is 4.74 Å². The first kappa shape index (κ1) is 23.8. The third-order valence-corrected chi connectivity index (χ3v) is 5.80. The zero-order valence-corrected chi connectivity index (χ0v) is 19.9. The van der Waals surface area contributed by atoms with Crippen molar-refractivity contribution in [3.63, 3.8) is 0 Å². The first-order valence-electron chi connectivity index (χ1n) is 10.4. The fourth-order valence-electron chi connectivity index (χ4n) is 3.40. The molecule has 10 heteroatoms. The van der Waals surface area contributed by atoms with Gasteiger partial charge in [-0.1, -0.05) is 35.9 Å². The third kappa shape index (κ3) is 5.28. The summed E-state index contributed by atoms with van der Waals surface area (Å²) < 4.78 is 6.30. The van der Waals surface area contributed by atoms with Gasteiger partial charge in [-0.15, -0.1) is 0 Å². The summed E-state index contributed by atoms with van der Waals surface area (Å²) in [5.41, 5.74) is 2.24. The SMILES string of the molecule is Cc1ccc(N2C(=O)NC(=O)/C(=C\c3ccc(OCc4cccc([N+](=O)[O-])c4)c(Br)c3)C2=O)cc1. The van der Waals surface area contributed by atoms with E-state index in [2.05, 4.69) is 21.2 Å². The van der Waals surface area contributed by atoms with Crippen LogP contribution >= 0.6 is 15.9 Å². The van der Waals surface area contributed by atoms with Gasteiger partial charge < -0.3 is 4.74 Å². The summed E-state index contributed by atoms with van der Waals surface area (Å²) >= 11 is 3.41. The molecule has 0 atom stereocenters. The Morgan fingerprint density at radius 3 is 2.49 bits per heavy atom. The van der Waals surface area contributed by atoms with Gasteiger partial charge in [0.15, 0.2) is 0 Å². The molecule has 0 spiro atoms. The summed E-state index contributed by atoms with van der Waals surface area (Å²) in [5, 5.41) is 13.1. The first-order chi connectivity index (χ1) is 16.7. The van der Waals surface area contributed by atoms with E-state index in [1.165, 1.54) is 18.2 Å². The Morgan fingerprint density at radius 1 is 1.06 bits per heavy atom. The molecule has 0 bridgehead atoms. The molecule has 35 heavy (non-hydrogen) atoms. The molecule has 3 aromatic rings. The largest absolute Gasteiger partial charge is 0.488 e. The molecule has 0 radical (unpaired) electrons. The van der Waals surface area contributed by atoms with Gasteiger partial charge in [-0.3, -0.25) is 25.0 Å². The van der Waals surface area contributed by atoms with Gasteiger partial charge in [0.05, 0.1) is 15.1 Å². The second-order valence-corrected chi connectivity index (χ2v) is 8.55. The summed E-state index contributed by atoms with van der Waals surface area (Å²) in [4.78, 5) is 49.1. The minimum atomic E-state index is -0.813. The minimum Gasteiger partial charge on any atom is -0.488 e. The van der Waals surface area contributed by atoms with Crippen LogP contribution in [-0.4, -0.2) is 22.8 Å². The molecule has 4 rings (SSSR count). The van der Waals surface area contributed by atoms with Crippen LogP contribution in [0.5, 0.6) is 5.75 Å². The van der Waals surface area contributed by atoms with Crippen molar-refractivity contribution >= 4 is 51.2 Å². The molecule has 0 unspecified atom stereocenters. The second-order valence-electron chi connectivity index (χ2n) is 7.70. The van der Waals surface area contributed by atoms with Crippen LogP contribution in [0.4, 0.5) is 16.2 Å². The maximum absolute atomic E-state index is 13.0. The number of nitrogens with one attached hydrogen (secondary N) is 1. The van der Waals surface area contributed by atoms with Gasteiger partial charge >= 0.3 is 6.03 Å². The summed E-state index contributed by atoms with van der Waals surface area (Å²) in [6.45, 7) is 1.99. The molecule has 3 aromatic carbocycles. The number of ether oxygens (including phenoxy) is 1. The number of imide groups is 2. The second kappa shape index (κ2) is 9.90. The zero-order chi connectivity index (χ0) is 25.1. The summed E-state index contributed by atoms with van der Waals surface area (Å²) in [6, 6.07) is 17.0. The van der Waals surface area contributed by atoms with E-state index in [0.29, 0.717) is 27.0 Å². The standard InChI is InChI=1S/C25H18BrN3O6/c1-15-5-8-18(9-6-15)28-24(31)20(23(30)27-25(28)32)12-16-7-10-22(21(26)13-16)35-14-17-3-2-4-19(11-17)29(33)34/h2-13H,14H2,1H3,(H,27,30,32)/b20-12+. The van der Waals surface area contributed by atoms with Crippen molar-refractivity contribution in [2.75, 3.05) is 4.90 Å². The average molecular weight is 536 g/mol. The molecule has 0 saturated carbocycles. The Morgan fingerprint density at radius 2 is 1.80 bits per heavy atom. The number of anilines is 1. The van der Waals surface area contributed by atoms with Crippen LogP contribution in [0.25, 0.3) is 6.08 Å². The van der Waals surface area contributed by atoms with Gasteiger partial charge in [0, 0.05) is 12.1 Å². The Hall–Kier alpha value is -4.31. The maximum atomic E-state index is 13.0. The lowest BCUT2D eigenvalue weighted by Crippen LogP contribution is -2.54. The fourth-order valence-corrected chi connectivity index (χ4v) is 3.91. The predicted octanol–water partition coefficient (Wildman–Crippen LogP) is 4.91. The molecule has 1 heterocycles. The molecule has 1 aliphatic rings. The molecular weight excluding hydrogens is 518 g/mol. The van der Waals surface area contributed by atoms with Gasteiger partial charge in [0.1, 0.15) is 17.9 Å². The lowest BCUT2D eigenvalue weighted by Gasteiger charge is -2.26. The molecule has 1 N–H and O–H groups in total. The van der Waals surface area contributed by atoms with Crippen molar-refractivity contribution in [2.24, 2.45) is 0 Å². The zero-order valence-electron chi connectivity index (χ0n) is 18.4. The molecule has 0 aliphatic carbocycles. The van der Waals surface area contributed by atoms with Crippen LogP contribution in [-0.2, 0) is 16.2 Å². The molecule has 0 aromatic heterocycles. The highest BCUT2D eigenvalue weighted by atomic mass is 79.9. The number of amides is 4. The van der Waals surface area contributed by atoms with E-state index >= 15 is 0 Å². The topological polar surface area (TPSA) is 119 Å². The molecular formula is C25H18BrN3O6. The maximum Gasteiger partial charge on any atom is 0.335 e. The number of barbiturate groups is 1. The van der Waals surface area contributed by atoms with Crippen molar-refractivity contribution in [1.82, 2.24) is 5.32 Å². The van der Waals surface area contributed by atoms with E-state index in [1.54, 1.807) is 54.6 Å². The van der Waals surface area contributed by atoms with E-state index < -0.39 is 22.8 Å².